The van der Waals surface area contributed by atoms with Crippen LogP contribution in [0.5, 0.6) is 0 Å². The van der Waals surface area contributed by atoms with Gasteiger partial charge in [-0.05, 0) is 72.8 Å². The molecule has 3 aliphatic rings. The number of nitrogens with zero attached hydrogens (tertiary/aromatic N) is 6. The van der Waals surface area contributed by atoms with Crippen LogP contribution in [0.2, 0.25) is 0 Å². The number of piperidine rings is 2. The van der Waals surface area contributed by atoms with E-state index in [1.807, 2.05) is 71.9 Å². The fraction of sp³-hybridized carbons (Fsp3) is 0.645. The second-order valence-corrected chi connectivity index (χ2v) is 13.6. The Bertz CT molecular complexity index is 1310. The molecule has 2 aromatic rings. The van der Waals surface area contributed by atoms with Crippen molar-refractivity contribution in [3.8, 4) is 0 Å². The molecule has 2 unspecified atom stereocenters. The summed E-state index contributed by atoms with van der Waals surface area (Å²) in [7, 11) is 0. The molecule has 0 saturated carbocycles. The van der Waals surface area contributed by atoms with Crippen LogP contribution in [0.4, 0.5) is 14.4 Å². The number of hydrogen-bond donors (Lipinski definition) is 0. The van der Waals surface area contributed by atoms with Crippen LogP contribution < -0.4 is 0 Å². The molecule has 0 spiro atoms. The molecule has 0 aliphatic carbocycles. The lowest BCUT2D eigenvalue weighted by atomic mass is 10.0. The van der Waals surface area contributed by atoms with E-state index in [0.29, 0.717) is 51.4 Å². The van der Waals surface area contributed by atoms with Gasteiger partial charge in [0.2, 0.25) is 11.8 Å². The number of carbonyl (C=O) groups excluding carboxylic acids is 3. The maximum Gasteiger partial charge on any atom is 0.411 e. The van der Waals surface area contributed by atoms with Crippen LogP contribution in [0, 0.1) is 0 Å². The highest BCUT2D eigenvalue weighted by atomic mass is 16.7. The maximum atomic E-state index is 13.4. The van der Waals surface area contributed by atoms with Gasteiger partial charge in [0.25, 0.3) is 0 Å². The number of hydrogen-bond acceptors (Lipinski definition) is 9. The summed E-state index contributed by atoms with van der Waals surface area (Å²) < 4.78 is 17.3. The molecule has 240 valence electrons. The minimum atomic E-state index is -0.699. The first-order valence-corrected chi connectivity index (χ1v) is 15.3. The highest BCUT2D eigenvalue weighted by Crippen LogP contribution is 2.38. The molecule has 1 aromatic heterocycles. The van der Waals surface area contributed by atoms with Crippen molar-refractivity contribution in [2.24, 2.45) is 0 Å². The van der Waals surface area contributed by atoms with Gasteiger partial charge in [0.1, 0.15) is 30.4 Å². The fourth-order valence-electron chi connectivity index (χ4n) is 5.73. The molecule has 4 amide bonds. The zero-order chi connectivity index (χ0) is 31.6. The van der Waals surface area contributed by atoms with E-state index in [1.54, 1.807) is 14.7 Å². The van der Waals surface area contributed by atoms with Gasteiger partial charge in [-0.25, -0.2) is 14.4 Å². The number of aromatic nitrogens is 2. The van der Waals surface area contributed by atoms with Gasteiger partial charge in [-0.15, -0.1) is 10.2 Å². The van der Waals surface area contributed by atoms with E-state index in [1.165, 1.54) is 5.06 Å². The normalized spacial score (nSPS) is 21.0. The Hall–Kier alpha value is -3.87. The van der Waals surface area contributed by atoms with Gasteiger partial charge in [0.05, 0.1) is 6.04 Å². The largest absolute Gasteiger partial charge is 0.444 e. The third-order valence-electron chi connectivity index (χ3n) is 7.79. The van der Waals surface area contributed by atoms with Crippen LogP contribution in [0.3, 0.4) is 0 Å². The first-order valence-electron chi connectivity index (χ1n) is 15.3. The van der Waals surface area contributed by atoms with Crippen molar-refractivity contribution in [1.29, 1.82) is 0 Å². The number of amides is 4. The molecular weight excluding hydrogens is 568 g/mol. The molecule has 44 heavy (non-hydrogen) atoms. The van der Waals surface area contributed by atoms with Crippen molar-refractivity contribution < 1.29 is 33.1 Å². The molecule has 13 nitrogen and oxygen atoms in total. The Kier molecular flexibility index (Phi) is 9.05. The van der Waals surface area contributed by atoms with Gasteiger partial charge in [-0.2, -0.15) is 5.06 Å². The van der Waals surface area contributed by atoms with Gasteiger partial charge in [0.15, 0.2) is 0 Å². The number of benzene rings is 1. The highest BCUT2D eigenvalue weighted by molar-refractivity contribution is 5.77. The maximum absolute atomic E-state index is 13.4. The SMILES string of the molecule is CC(C)(C)OC(=O)N1CCC(N(Cc2nnc(C3CCC4CN3C(=O)N4OCc3ccccc3)o2)C(=O)OC(C)(C)C)CC1. The molecule has 2 bridgehead atoms. The third-order valence-corrected chi connectivity index (χ3v) is 7.79. The van der Waals surface area contributed by atoms with Crippen molar-refractivity contribution in [3.05, 3.63) is 47.7 Å². The second kappa shape index (κ2) is 12.6. The third kappa shape index (κ3) is 7.61. The standard InChI is InChI=1S/C31H44N6O7/c1-30(2,3)43-28(39)34-16-14-22(15-17-34)35(29(40)44-31(4,5)6)19-25-32-33-26(42-25)24-13-12-23-18-36(24)27(38)37(23)41-20-21-10-8-7-9-11-21/h7-11,22-24H,12-20H2,1-6H3. The minimum absolute atomic E-state index is 0.0425. The summed E-state index contributed by atoms with van der Waals surface area (Å²) in [5, 5.41) is 10.0. The van der Waals surface area contributed by atoms with Crippen LogP contribution in [0.25, 0.3) is 0 Å². The zero-order valence-electron chi connectivity index (χ0n) is 26.5. The molecule has 3 saturated heterocycles. The summed E-state index contributed by atoms with van der Waals surface area (Å²) in [6, 6.07) is 8.89. The van der Waals surface area contributed by atoms with E-state index in [4.69, 9.17) is 18.7 Å². The quantitative estimate of drug-likeness (QED) is 0.410. The minimum Gasteiger partial charge on any atom is -0.444 e. The summed E-state index contributed by atoms with van der Waals surface area (Å²) in [4.78, 5) is 50.1. The zero-order valence-corrected chi connectivity index (χ0v) is 26.5. The number of likely N-dealkylation sites (tertiary alicyclic amines) is 1. The van der Waals surface area contributed by atoms with Crippen LogP contribution in [0.1, 0.15) is 90.6 Å². The van der Waals surface area contributed by atoms with E-state index >= 15 is 0 Å². The number of rotatable bonds is 7. The molecule has 3 fully saturated rings. The molecule has 0 radical (unpaired) electrons. The van der Waals surface area contributed by atoms with Crippen LogP contribution in [0.15, 0.2) is 34.7 Å². The highest BCUT2D eigenvalue weighted by Gasteiger charge is 2.48. The van der Waals surface area contributed by atoms with Crippen molar-refractivity contribution in [2.75, 3.05) is 19.6 Å². The second-order valence-electron chi connectivity index (χ2n) is 13.6. The van der Waals surface area contributed by atoms with E-state index in [9.17, 15) is 14.4 Å². The number of ether oxygens (including phenoxy) is 2. The van der Waals surface area contributed by atoms with Gasteiger partial charge >= 0.3 is 18.2 Å². The van der Waals surface area contributed by atoms with E-state index in [-0.39, 0.29) is 42.7 Å². The number of carbonyl (C=O) groups is 3. The number of fused-ring (bicyclic) bond motifs is 2. The number of urea groups is 1. The molecule has 4 heterocycles. The summed E-state index contributed by atoms with van der Waals surface area (Å²) in [6.45, 7) is 12.7. The molecule has 5 rings (SSSR count). The molecule has 13 heteroatoms. The summed E-state index contributed by atoms with van der Waals surface area (Å²) in [5.41, 5.74) is -0.297. The molecule has 2 atom stereocenters. The summed E-state index contributed by atoms with van der Waals surface area (Å²) in [6.07, 6.45) is 1.63. The molecular formula is C31H44N6O7. The van der Waals surface area contributed by atoms with Crippen molar-refractivity contribution in [1.82, 2.24) is 30.0 Å². The van der Waals surface area contributed by atoms with Crippen molar-refractivity contribution in [2.45, 2.75) is 110 Å². The smallest absolute Gasteiger partial charge is 0.411 e. The lowest BCUT2D eigenvalue weighted by Crippen LogP contribution is -2.50. The van der Waals surface area contributed by atoms with Crippen molar-refractivity contribution >= 4 is 18.2 Å². The lowest BCUT2D eigenvalue weighted by molar-refractivity contribution is -0.140. The Morgan fingerprint density at radius 2 is 1.64 bits per heavy atom. The van der Waals surface area contributed by atoms with Gasteiger partial charge in [-0.1, -0.05) is 30.3 Å². The summed E-state index contributed by atoms with van der Waals surface area (Å²) in [5.74, 6) is 0.590. The lowest BCUT2D eigenvalue weighted by Gasteiger charge is -2.38. The van der Waals surface area contributed by atoms with Crippen LogP contribution in [-0.4, -0.2) is 91.1 Å². The van der Waals surface area contributed by atoms with Crippen molar-refractivity contribution in [3.63, 3.8) is 0 Å². The molecule has 1 aromatic carbocycles. The Labute approximate surface area is 258 Å². The Morgan fingerprint density at radius 1 is 0.955 bits per heavy atom. The predicted molar refractivity (Wildman–Crippen MR) is 158 cm³/mol. The predicted octanol–water partition coefficient (Wildman–Crippen LogP) is 5.28. The van der Waals surface area contributed by atoms with Gasteiger partial charge in [-0.3, -0.25) is 9.74 Å². The van der Waals surface area contributed by atoms with Crippen LogP contribution in [-0.2, 0) is 27.5 Å². The average Bonchev–Trinajstić information content (AvgIpc) is 3.52. The monoisotopic (exact) mass is 612 g/mol. The Morgan fingerprint density at radius 3 is 2.30 bits per heavy atom. The fourth-order valence-corrected chi connectivity index (χ4v) is 5.73. The molecule has 3 aliphatic heterocycles. The van der Waals surface area contributed by atoms with Gasteiger partial charge in [0, 0.05) is 25.7 Å². The average molecular weight is 613 g/mol. The van der Waals surface area contributed by atoms with Crippen LogP contribution >= 0.6 is 0 Å². The topological polar surface area (TPSA) is 131 Å². The van der Waals surface area contributed by atoms with E-state index < -0.39 is 17.3 Å². The van der Waals surface area contributed by atoms with E-state index in [0.717, 1.165) is 12.0 Å². The van der Waals surface area contributed by atoms with E-state index in [2.05, 4.69) is 10.2 Å². The Balaban J connectivity index is 1.24. The number of hydroxylamine groups is 2. The van der Waals surface area contributed by atoms with Gasteiger partial charge < -0.3 is 23.7 Å². The first-order chi connectivity index (χ1) is 20.8. The summed E-state index contributed by atoms with van der Waals surface area (Å²) >= 11 is 0. The first kappa shape index (κ1) is 31.6. The molecule has 0 N–H and O–H groups in total.